The van der Waals surface area contributed by atoms with Crippen LogP contribution in [0.1, 0.15) is 30.5 Å². The summed E-state index contributed by atoms with van der Waals surface area (Å²) in [6.07, 6.45) is 6.77. The van der Waals surface area contributed by atoms with E-state index in [4.69, 9.17) is 0 Å². The molecule has 2 atom stereocenters. The summed E-state index contributed by atoms with van der Waals surface area (Å²) in [5.41, 5.74) is 19.8. The van der Waals surface area contributed by atoms with Crippen LogP contribution in [-0.2, 0) is 0 Å². The zero-order chi connectivity index (χ0) is 47.3. The van der Waals surface area contributed by atoms with E-state index in [0.717, 1.165) is 50.9 Å². The van der Waals surface area contributed by atoms with Gasteiger partial charge < -0.3 is 19.6 Å². The molecule has 0 radical (unpaired) electrons. The van der Waals surface area contributed by atoms with Crippen molar-refractivity contribution in [3.8, 4) is 11.1 Å². The monoisotopic (exact) mass is 894 g/mol. The Kier molecular flexibility index (Phi) is 12.8. The van der Waals surface area contributed by atoms with Crippen molar-refractivity contribution in [2.45, 2.75) is 40.7 Å². The average molecular weight is 895 g/mol. The Balaban J connectivity index is 0.942. The molecule has 9 aromatic carbocycles. The second kappa shape index (κ2) is 19.9. The Bertz CT molecular complexity index is 3170. The smallest absolute Gasteiger partial charge is 0.0612 e. The summed E-state index contributed by atoms with van der Waals surface area (Å²) < 4.78 is 0. The van der Waals surface area contributed by atoms with Crippen LogP contribution in [0.5, 0.6) is 0 Å². The number of para-hydroxylation sites is 5. The zero-order valence-electron chi connectivity index (χ0n) is 40.1. The quantitative estimate of drug-likeness (QED) is 0.114. The number of benzene rings is 9. The topological polar surface area (TPSA) is 13.0 Å². The molecule has 69 heavy (non-hydrogen) atoms. The molecule has 338 valence electrons. The van der Waals surface area contributed by atoms with Crippen molar-refractivity contribution in [1.29, 1.82) is 0 Å². The predicted octanol–water partition coefficient (Wildman–Crippen LogP) is 18.3. The molecule has 0 N–H and O–H groups in total. The van der Waals surface area contributed by atoms with Crippen molar-refractivity contribution in [2.75, 3.05) is 19.6 Å². The van der Waals surface area contributed by atoms with Gasteiger partial charge in [0.1, 0.15) is 0 Å². The maximum absolute atomic E-state index is 2.52. The first kappa shape index (κ1) is 44.5. The Hall–Kier alpha value is -8.34. The first-order valence-electron chi connectivity index (χ1n) is 24.0. The summed E-state index contributed by atoms with van der Waals surface area (Å²) in [5.74, 6) is 0.358. The molecule has 0 bridgehead atoms. The number of hydrogen-bond acceptors (Lipinski definition) is 4. The molecular weight excluding hydrogens is 837 g/mol. The molecule has 0 heterocycles. The predicted molar refractivity (Wildman–Crippen MR) is 295 cm³/mol. The third-order valence-electron chi connectivity index (χ3n) is 13.5. The fraction of sp³-hybridized carbons (Fsp3) is 0.108. The third kappa shape index (κ3) is 9.22. The Morgan fingerprint density at radius 1 is 0.304 bits per heavy atom. The molecule has 0 spiro atoms. The van der Waals surface area contributed by atoms with Gasteiger partial charge in [0.05, 0.1) is 6.04 Å². The van der Waals surface area contributed by atoms with Gasteiger partial charge >= 0.3 is 0 Å². The van der Waals surface area contributed by atoms with Crippen molar-refractivity contribution < 1.29 is 0 Å². The van der Waals surface area contributed by atoms with Crippen LogP contribution in [0.4, 0.5) is 62.6 Å². The number of allylic oxidation sites excluding steroid dienone is 2. The Morgan fingerprint density at radius 3 is 1.01 bits per heavy atom. The third-order valence-corrected chi connectivity index (χ3v) is 13.5. The zero-order valence-corrected chi connectivity index (χ0v) is 40.1. The van der Waals surface area contributed by atoms with Crippen LogP contribution in [0.3, 0.4) is 0 Å². The first-order chi connectivity index (χ1) is 33.8. The summed E-state index contributed by atoms with van der Waals surface area (Å²) in [6, 6.07) is 83.4. The SMILES string of the molecule is CC1=CC=CC(C)C1N(c1ccc(N(c2ccccc2)c2ccc(-c3ccc(N(c4ccccc4)c4ccc(N(c5ccccc5C)c5ccccc5C)cc4)cc3)cc2)cc1)c1ccccc1C. The van der Waals surface area contributed by atoms with Gasteiger partial charge in [0.25, 0.3) is 0 Å². The minimum atomic E-state index is 0.215. The van der Waals surface area contributed by atoms with Crippen LogP contribution in [-0.4, -0.2) is 6.04 Å². The lowest BCUT2D eigenvalue weighted by Crippen LogP contribution is -2.38. The molecule has 0 saturated heterocycles. The number of hydrogen-bond donors (Lipinski definition) is 0. The van der Waals surface area contributed by atoms with Gasteiger partial charge in [0, 0.05) is 62.6 Å². The van der Waals surface area contributed by atoms with E-state index in [9.17, 15) is 0 Å². The maximum atomic E-state index is 2.52. The number of anilines is 11. The highest BCUT2D eigenvalue weighted by atomic mass is 15.2. The lowest BCUT2D eigenvalue weighted by molar-refractivity contribution is 0.582. The van der Waals surface area contributed by atoms with Gasteiger partial charge in [0.2, 0.25) is 0 Å². The van der Waals surface area contributed by atoms with Crippen molar-refractivity contribution in [3.63, 3.8) is 0 Å². The van der Waals surface area contributed by atoms with E-state index in [2.05, 4.69) is 303 Å². The molecule has 4 heteroatoms. The molecule has 0 amide bonds. The molecular formula is C65H58N4. The van der Waals surface area contributed by atoms with E-state index in [1.54, 1.807) is 0 Å². The van der Waals surface area contributed by atoms with Crippen LogP contribution < -0.4 is 19.6 Å². The largest absolute Gasteiger partial charge is 0.333 e. The second-order valence-corrected chi connectivity index (χ2v) is 18.1. The number of rotatable bonds is 13. The van der Waals surface area contributed by atoms with E-state index >= 15 is 0 Å². The molecule has 0 aromatic heterocycles. The van der Waals surface area contributed by atoms with Gasteiger partial charge in [-0.05, 0) is 177 Å². The van der Waals surface area contributed by atoms with Gasteiger partial charge in [0.15, 0.2) is 0 Å². The molecule has 1 aliphatic carbocycles. The van der Waals surface area contributed by atoms with E-state index in [0.29, 0.717) is 5.92 Å². The van der Waals surface area contributed by atoms with Crippen molar-refractivity contribution in [2.24, 2.45) is 5.92 Å². The van der Waals surface area contributed by atoms with Gasteiger partial charge in [-0.25, -0.2) is 0 Å². The lowest BCUT2D eigenvalue weighted by atomic mass is 9.88. The minimum absolute atomic E-state index is 0.215. The highest BCUT2D eigenvalue weighted by Gasteiger charge is 2.29. The molecule has 0 fully saturated rings. The van der Waals surface area contributed by atoms with E-state index in [-0.39, 0.29) is 6.04 Å². The average Bonchev–Trinajstić information content (AvgIpc) is 3.39. The Morgan fingerprint density at radius 2 is 0.623 bits per heavy atom. The van der Waals surface area contributed by atoms with Crippen LogP contribution in [0.2, 0.25) is 0 Å². The standard InChI is InChI=1S/C65H58N4/c1-47-19-12-15-28-62(47)68(63-29-16-13-20-48(63)2)60-43-39-58(40-44-60)66(54-24-8-6-9-25-54)56-35-31-52(32-36-56)53-33-37-57(38-34-53)67(55-26-10-7-11-27-55)59-41-45-61(46-42-59)69(64-30-17-14-21-49(64)3)65-50(4)22-18-23-51(65)5/h6-46,50,65H,1-5H3. The summed E-state index contributed by atoms with van der Waals surface area (Å²) in [6.45, 7) is 11.1. The van der Waals surface area contributed by atoms with Crippen LogP contribution in [0.15, 0.2) is 254 Å². The lowest BCUT2D eigenvalue weighted by Gasteiger charge is -2.39. The summed E-state index contributed by atoms with van der Waals surface area (Å²) in [5, 5.41) is 0. The Labute approximate surface area is 409 Å². The maximum Gasteiger partial charge on any atom is 0.0612 e. The number of nitrogens with zero attached hydrogens (tertiary/aromatic N) is 4. The van der Waals surface area contributed by atoms with E-state index < -0.39 is 0 Å². The van der Waals surface area contributed by atoms with Gasteiger partial charge in [-0.3, -0.25) is 0 Å². The van der Waals surface area contributed by atoms with Gasteiger partial charge in [-0.15, -0.1) is 0 Å². The van der Waals surface area contributed by atoms with Gasteiger partial charge in [-0.1, -0.05) is 146 Å². The van der Waals surface area contributed by atoms with Crippen molar-refractivity contribution >= 4 is 62.6 Å². The molecule has 10 rings (SSSR count). The molecule has 0 saturated carbocycles. The first-order valence-corrected chi connectivity index (χ1v) is 24.0. The van der Waals surface area contributed by atoms with Crippen molar-refractivity contribution in [1.82, 2.24) is 0 Å². The van der Waals surface area contributed by atoms with E-state index in [1.807, 2.05) is 0 Å². The summed E-state index contributed by atoms with van der Waals surface area (Å²) >= 11 is 0. The summed E-state index contributed by atoms with van der Waals surface area (Å²) in [7, 11) is 0. The van der Waals surface area contributed by atoms with E-state index in [1.165, 1.54) is 45.0 Å². The van der Waals surface area contributed by atoms with Crippen LogP contribution in [0.25, 0.3) is 11.1 Å². The highest BCUT2D eigenvalue weighted by molar-refractivity contribution is 5.85. The highest BCUT2D eigenvalue weighted by Crippen LogP contribution is 2.43. The normalized spacial score (nSPS) is 14.2. The fourth-order valence-electron chi connectivity index (χ4n) is 9.93. The van der Waals surface area contributed by atoms with Gasteiger partial charge in [-0.2, -0.15) is 0 Å². The molecule has 4 nitrogen and oxygen atoms in total. The van der Waals surface area contributed by atoms with Crippen LogP contribution in [0, 0.1) is 26.7 Å². The second-order valence-electron chi connectivity index (χ2n) is 18.1. The molecule has 1 aliphatic rings. The summed E-state index contributed by atoms with van der Waals surface area (Å²) in [4.78, 5) is 9.56. The molecule has 0 aliphatic heterocycles. The molecule has 2 unspecified atom stereocenters. The van der Waals surface area contributed by atoms with Crippen molar-refractivity contribution in [3.05, 3.63) is 271 Å². The molecule has 9 aromatic rings. The fourth-order valence-corrected chi connectivity index (χ4v) is 9.93. The van der Waals surface area contributed by atoms with Crippen LogP contribution >= 0.6 is 0 Å². The minimum Gasteiger partial charge on any atom is -0.333 e. The number of aryl methyl sites for hydroxylation is 3.